The summed E-state index contributed by atoms with van der Waals surface area (Å²) in [6.45, 7) is 2.78. The highest BCUT2D eigenvalue weighted by molar-refractivity contribution is 5.49. The number of anilines is 1. The van der Waals surface area contributed by atoms with E-state index in [1.165, 1.54) is 12.3 Å². The molecule has 1 atom stereocenters. The number of aromatic nitrogens is 3. The molecule has 8 heteroatoms. The molecule has 3 rings (SSSR count). The third kappa shape index (κ3) is 4.17. The summed E-state index contributed by atoms with van der Waals surface area (Å²) >= 11 is 0. The van der Waals surface area contributed by atoms with Crippen molar-refractivity contribution in [3.05, 3.63) is 42.1 Å². The van der Waals surface area contributed by atoms with Crippen LogP contribution in [0, 0.1) is 0 Å². The van der Waals surface area contributed by atoms with E-state index in [9.17, 15) is 13.2 Å². The van der Waals surface area contributed by atoms with Gasteiger partial charge < -0.3 is 14.4 Å². The van der Waals surface area contributed by atoms with Crippen LogP contribution < -0.4 is 4.90 Å². The Balaban J connectivity index is 1.80. The Morgan fingerprint density at radius 1 is 1.23 bits per heavy atom. The van der Waals surface area contributed by atoms with Crippen LogP contribution in [0.15, 0.2) is 30.7 Å². The molecule has 0 unspecified atom stereocenters. The predicted octanol–water partition coefficient (Wildman–Crippen LogP) is 3.24. The van der Waals surface area contributed by atoms with Crippen LogP contribution in [-0.2, 0) is 12.7 Å². The van der Waals surface area contributed by atoms with Gasteiger partial charge in [0.25, 0.3) is 0 Å². The molecule has 0 spiro atoms. The van der Waals surface area contributed by atoms with Gasteiger partial charge in [-0.2, -0.15) is 13.2 Å². The van der Waals surface area contributed by atoms with Crippen LogP contribution in [0.5, 0.6) is 0 Å². The molecule has 26 heavy (non-hydrogen) atoms. The fourth-order valence-electron chi connectivity index (χ4n) is 3.43. The number of piperidine rings is 1. The summed E-state index contributed by atoms with van der Waals surface area (Å²) in [5.41, 5.74) is -0.670. The van der Waals surface area contributed by atoms with Crippen LogP contribution in [0.2, 0.25) is 0 Å². The fraction of sp³-hybridized carbons (Fsp3) is 0.556. The minimum absolute atomic E-state index is 0.0242. The van der Waals surface area contributed by atoms with Gasteiger partial charge in [0.1, 0.15) is 11.6 Å². The Kier molecular flexibility index (Phi) is 5.50. The van der Waals surface area contributed by atoms with E-state index in [1.54, 1.807) is 11.1 Å². The zero-order valence-corrected chi connectivity index (χ0v) is 15.1. The molecule has 0 aromatic carbocycles. The molecule has 0 radical (unpaired) electrons. The summed E-state index contributed by atoms with van der Waals surface area (Å²) in [6, 6.07) is 2.44. The number of hydrogen-bond donors (Lipinski definition) is 0. The van der Waals surface area contributed by atoms with Gasteiger partial charge in [0.2, 0.25) is 0 Å². The van der Waals surface area contributed by atoms with E-state index < -0.39 is 11.7 Å². The van der Waals surface area contributed by atoms with Gasteiger partial charge in [0.05, 0.1) is 5.56 Å². The largest absolute Gasteiger partial charge is 0.419 e. The molecule has 0 aliphatic carbocycles. The molecule has 0 bridgehead atoms. The number of halogens is 3. The van der Waals surface area contributed by atoms with E-state index in [-0.39, 0.29) is 11.7 Å². The average Bonchev–Trinajstić information content (AvgIpc) is 3.08. The van der Waals surface area contributed by atoms with Crippen LogP contribution in [0.3, 0.4) is 0 Å². The number of likely N-dealkylation sites (N-methyl/N-ethyl adjacent to an activating group) is 1. The molecule has 3 heterocycles. The van der Waals surface area contributed by atoms with Crippen molar-refractivity contribution in [2.24, 2.45) is 0 Å². The van der Waals surface area contributed by atoms with Gasteiger partial charge in [-0.3, -0.25) is 0 Å². The number of hydrogen-bond acceptors (Lipinski definition) is 4. The number of alkyl halides is 3. The molecular formula is C18H24F3N5. The van der Waals surface area contributed by atoms with Gasteiger partial charge in [-0.1, -0.05) is 0 Å². The lowest BCUT2D eigenvalue weighted by Crippen LogP contribution is -2.37. The van der Waals surface area contributed by atoms with E-state index in [0.29, 0.717) is 13.1 Å². The first-order valence-corrected chi connectivity index (χ1v) is 8.79. The Labute approximate surface area is 151 Å². The Morgan fingerprint density at radius 3 is 2.77 bits per heavy atom. The molecule has 2 aromatic heterocycles. The van der Waals surface area contributed by atoms with Crippen molar-refractivity contribution < 1.29 is 13.2 Å². The SMILES string of the molecule is CN(C)CCn1ccnc1[C@H]1CCCN(c2ncccc2C(F)(F)F)C1. The van der Waals surface area contributed by atoms with E-state index in [4.69, 9.17) is 0 Å². The Bertz CT molecular complexity index is 726. The van der Waals surface area contributed by atoms with Crippen molar-refractivity contribution in [1.29, 1.82) is 0 Å². The van der Waals surface area contributed by atoms with Gasteiger partial charge in [-0.15, -0.1) is 0 Å². The van der Waals surface area contributed by atoms with Gasteiger partial charge in [0, 0.05) is 50.7 Å². The predicted molar refractivity (Wildman–Crippen MR) is 94.2 cm³/mol. The molecule has 5 nitrogen and oxygen atoms in total. The second kappa shape index (κ2) is 7.65. The first-order chi connectivity index (χ1) is 12.4. The number of nitrogens with zero attached hydrogens (tertiary/aromatic N) is 5. The van der Waals surface area contributed by atoms with Gasteiger partial charge in [-0.25, -0.2) is 9.97 Å². The normalized spacial score (nSPS) is 18.5. The van der Waals surface area contributed by atoms with E-state index in [1.807, 2.05) is 20.3 Å². The zero-order chi connectivity index (χ0) is 18.7. The first kappa shape index (κ1) is 18.7. The molecular weight excluding hydrogens is 343 g/mol. The topological polar surface area (TPSA) is 37.2 Å². The lowest BCUT2D eigenvalue weighted by molar-refractivity contribution is -0.137. The molecule has 1 saturated heterocycles. The molecule has 0 saturated carbocycles. The summed E-state index contributed by atoms with van der Waals surface area (Å²) in [5, 5.41) is 0. The van der Waals surface area contributed by atoms with E-state index in [2.05, 4.69) is 19.4 Å². The lowest BCUT2D eigenvalue weighted by Gasteiger charge is -2.34. The van der Waals surface area contributed by atoms with E-state index in [0.717, 1.165) is 37.8 Å². The maximum atomic E-state index is 13.3. The fourth-order valence-corrected chi connectivity index (χ4v) is 3.43. The van der Waals surface area contributed by atoms with Crippen molar-refractivity contribution in [1.82, 2.24) is 19.4 Å². The lowest BCUT2D eigenvalue weighted by atomic mass is 9.96. The van der Waals surface area contributed by atoms with Gasteiger partial charge >= 0.3 is 6.18 Å². The van der Waals surface area contributed by atoms with Crippen molar-refractivity contribution in [2.45, 2.75) is 31.5 Å². The standard InChI is InChI=1S/C18H24F3N5/c1-24(2)11-12-25-10-8-23-16(25)14-5-4-9-26(13-14)17-15(18(19,20)21)6-3-7-22-17/h3,6-8,10,14H,4-5,9,11-13H2,1-2H3/t14-/m0/s1. The van der Waals surface area contributed by atoms with Crippen LogP contribution in [0.4, 0.5) is 19.0 Å². The third-order valence-corrected chi connectivity index (χ3v) is 4.71. The molecule has 1 aliphatic rings. The van der Waals surface area contributed by atoms with Crippen LogP contribution in [0.1, 0.15) is 30.1 Å². The Morgan fingerprint density at radius 2 is 2.04 bits per heavy atom. The quantitative estimate of drug-likeness (QED) is 0.813. The third-order valence-electron chi connectivity index (χ3n) is 4.71. The first-order valence-electron chi connectivity index (χ1n) is 8.79. The molecule has 2 aromatic rings. The minimum atomic E-state index is -4.40. The number of imidazole rings is 1. The molecule has 0 amide bonds. The average molecular weight is 367 g/mol. The van der Waals surface area contributed by atoms with Gasteiger partial charge in [-0.05, 0) is 39.1 Å². The second-order valence-electron chi connectivity index (χ2n) is 6.94. The smallest absolute Gasteiger partial charge is 0.355 e. The highest BCUT2D eigenvalue weighted by atomic mass is 19.4. The number of rotatable bonds is 5. The summed E-state index contributed by atoms with van der Waals surface area (Å²) in [5.74, 6) is 1.07. The zero-order valence-electron chi connectivity index (χ0n) is 15.1. The summed E-state index contributed by atoms with van der Waals surface area (Å²) < 4.78 is 42.1. The highest BCUT2D eigenvalue weighted by Crippen LogP contribution is 2.37. The van der Waals surface area contributed by atoms with E-state index >= 15 is 0 Å². The van der Waals surface area contributed by atoms with Crippen molar-refractivity contribution in [2.75, 3.05) is 38.6 Å². The van der Waals surface area contributed by atoms with Crippen LogP contribution in [-0.4, -0.2) is 53.2 Å². The molecule has 1 fully saturated rings. The maximum absolute atomic E-state index is 13.3. The molecule has 142 valence electrons. The minimum Gasteiger partial charge on any atom is -0.355 e. The van der Waals surface area contributed by atoms with Crippen LogP contribution in [0.25, 0.3) is 0 Å². The monoisotopic (exact) mass is 367 g/mol. The Hall–Kier alpha value is -2.09. The summed E-state index contributed by atoms with van der Waals surface area (Å²) in [7, 11) is 4.03. The summed E-state index contributed by atoms with van der Waals surface area (Å²) in [4.78, 5) is 12.4. The molecule has 1 aliphatic heterocycles. The van der Waals surface area contributed by atoms with Crippen molar-refractivity contribution in [3.63, 3.8) is 0 Å². The van der Waals surface area contributed by atoms with Crippen molar-refractivity contribution in [3.8, 4) is 0 Å². The molecule has 0 N–H and O–H groups in total. The highest BCUT2D eigenvalue weighted by Gasteiger charge is 2.37. The number of pyridine rings is 1. The maximum Gasteiger partial charge on any atom is 0.419 e. The van der Waals surface area contributed by atoms with Gasteiger partial charge in [0.15, 0.2) is 0 Å². The summed E-state index contributed by atoms with van der Waals surface area (Å²) in [6.07, 6.45) is 2.47. The van der Waals surface area contributed by atoms with Crippen molar-refractivity contribution >= 4 is 5.82 Å². The second-order valence-corrected chi connectivity index (χ2v) is 6.94. The van der Waals surface area contributed by atoms with Crippen LogP contribution >= 0.6 is 0 Å².